The van der Waals surface area contributed by atoms with Crippen molar-refractivity contribution in [2.75, 3.05) is 17.6 Å². The normalized spacial score (nSPS) is 14.2. The summed E-state index contributed by atoms with van der Waals surface area (Å²) in [6.45, 7) is 0.137. The molecule has 0 atom stereocenters. The highest BCUT2D eigenvalue weighted by molar-refractivity contribution is 7.89. The number of hydrogen-bond donors (Lipinski definition) is 3. The third kappa shape index (κ3) is 4.12. The molecule has 146 valence electrons. The Morgan fingerprint density at radius 2 is 1.96 bits per heavy atom. The molecule has 9 nitrogen and oxygen atoms in total. The van der Waals surface area contributed by atoms with Gasteiger partial charge in [-0.05, 0) is 25.0 Å². The van der Waals surface area contributed by atoms with Gasteiger partial charge in [0.25, 0.3) is 5.91 Å². The van der Waals surface area contributed by atoms with Gasteiger partial charge in [0.15, 0.2) is 11.5 Å². The van der Waals surface area contributed by atoms with E-state index in [0.717, 1.165) is 24.1 Å². The molecule has 28 heavy (non-hydrogen) atoms. The molecular formula is C18H20N6O3S. The van der Waals surface area contributed by atoms with Crippen LogP contribution in [0.2, 0.25) is 0 Å². The lowest BCUT2D eigenvalue weighted by atomic mass is 10.1. The van der Waals surface area contributed by atoms with Gasteiger partial charge in [0, 0.05) is 36.1 Å². The summed E-state index contributed by atoms with van der Waals surface area (Å²) in [6.07, 6.45) is 7.19. The SMILES string of the molecule is NS(=O)(=O)CCNc1nccn2c(-c3ccc(C(=O)NC4CC4)cc3)cnc12. The molecular weight excluding hydrogens is 380 g/mol. The summed E-state index contributed by atoms with van der Waals surface area (Å²) in [5.41, 5.74) is 2.93. The Morgan fingerprint density at radius 1 is 1.21 bits per heavy atom. The van der Waals surface area contributed by atoms with Crippen molar-refractivity contribution in [1.29, 1.82) is 0 Å². The molecule has 1 amide bonds. The number of aromatic nitrogens is 3. The lowest BCUT2D eigenvalue weighted by Crippen LogP contribution is -2.25. The van der Waals surface area contributed by atoms with Crippen molar-refractivity contribution >= 4 is 27.4 Å². The first kappa shape index (κ1) is 18.4. The van der Waals surface area contributed by atoms with Crippen molar-refractivity contribution in [3.05, 3.63) is 48.4 Å². The van der Waals surface area contributed by atoms with Crippen LogP contribution in [0.15, 0.2) is 42.9 Å². The third-order valence-corrected chi connectivity index (χ3v) is 5.24. The van der Waals surface area contributed by atoms with E-state index in [1.54, 1.807) is 30.7 Å². The topological polar surface area (TPSA) is 131 Å². The molecule has 2 heterocycles. The van der Waals surface area contributed by atoms with Crippen molar-refractivity contribution < 1.29 is 13.2 Å². The number of anilines is 1. The van der Waals surface area contributed by atoms with Crippen LogP contribution in [-0.4, -0.2) is 47.0 Å². The summed E-state index contributed by atoms with van der Waals surface area (Å²) in [7, 11) is -3.55. The van der Waals surface area contributed by atoms with Crippen LogP contribution in [0.4, 0.5) is 5.82 Å². The van der Waals surface area contributed by atoms with E-state index in [2.05, 4.69) is 20.6 Å². The Balaban J connectivity index is 1.55. The Morgan fingerprint density at radius 3 is 2.64 bits per heavy atom. The Bertz CT molecular complexity index is 1120. The highest BCUT2D eigenvalue weighted by atomic mass is 32.2. The molecule has 4 rings (SSSR count). The van der Waals surface area contributed by atoms with Gasteiger partial charge in [-0.25, -0.2) is 23.5 Å². The molecule has 0 radical (unpaired) electrons. The Kier molecular flexibility index (Phi) is 4.73. The molecule has 10 heteroatoms. The van der Waals surface area contributed by atoms with Crippen molar-refractivity contribution in [3.63, 3.8) is 0 Å². The summed E-state index contributed by atoms with van der Waals surface area (Å²) in [4.78, 5) is 20.7. The fraction of sp³-hybridized carbons (Fsp3) is 0.278. The first-order valence-corrected chi connectivity index (χ1v) is 10.6. The van der Waals surface area contributed by atoms with E-state index in [1.807, 2.05) is 16.5 Å². The van der Waals surface area contributed by atoms with Crippen LogP contribution in [0.5, 0.6) is 0 Å². The number of fused-ring (bicyclic) bond motifs is 1. The van der Waals surface area contributed by atoms with Crippen molar-refractivity contribution in [2.45, 2.75) is 18.9 Å². The first-order valence-electron chi connectivity index (χ1n) is 8.88. The highest BCUT2D eigenvalue weighted by Crippen LogP contribution is 2.24. The van der Waals surface area contributed by atoms with Crippen LogP contribution < -0.4 is 15.8 Å². The summed E-state index contributed by atoms with van der Waals surface area (Å²) in [5.74, 6) is 0.212. The van der Waals surface area contributed by atoms with Gasteiger partial charge in [-0.15, -0.1) is 0 Å². The number of rotatable bonds is 7. The van der Waals surface area contributed by atoms with Crippen molar-refractivity contribution in [3.8, 4) is 11.3 Å². The predicted octanol–water partition coefficient (Wildman–Crippen LogP) is 0.989. The van der Waals surface area contributed by atoms with E-state index >= 15 is 0 Å². The molecule has 1 aromatic carbocycles. The highest BCUT2D eigenvalue weighted by Gasteiger charge is 2.23. The summed E-state index contributed by atoms with van der Waals surface area (Å²) in [6, 6.07) is 7.65. The van der Waals surface area contributed by atoms with Gasteiger partial charge in [0.2, 0.25) is 10.0 Å². The fourth-order valence-electron chi connectivity index (χ4n) is 2.86. The monoisotopic (exact) mass is 400 g/mol. The molecule has 0 aliphatic heterocycles. The van der Waals surface area contributed by atoms with E-state index in [1.165, 1.54) is 0 Å². The average Bonchev–Trinajstić information content (AvgIpc) is 3.36. The second-order valence-electron chi connectivity index (χ2n) is 6.73. The minimum Gasteiger partial charge on any atom is -0.366 e. The lowest BCUT2D eigenvalue weighted by Gasteiger charge is -2.08. The summed E-state index contributed by atoms with van der Waals surface area (Å²) in [5, 5.41) is 10.9. The van der Waals surface area contributed by atoms with Crippen LogP contribution >= 0.6 is 0 Å². The second kappa shape index (κ2) is 7.21. The molecule has 3 aromatic rings. The number of sulfonamides is 1. The van der Waals surface area contributed by atoms with Crippen LogP contribution in [0.25, 0.3) is 16.9 Å². The molecule has 0 spiro atoms. The number of carbonyl (C=O) groups excluding carboxylic acids is 1. The van der Waals surface area contributed by atoms with Gasteiger partial charge in [0.1, 0.15) is 0 Å². The molecule has 4 N–H and O–H groups in total. The van der Waals surface area contributed by atoms with Crippen molar-refractivity contribution in [2.24, 2.45) is 5.14 Å². The van der Waals surface area contributed by atoms with Crippen LogP contribution in [0.1, 0.15) is 23.2 Å². The number of imidazole rings is 1. The number of carbonyl (C=O) groups is 1. The van der Waals surface area contributed by atoms with E-state index in [9.17, 15) is 13.2 Å². The van der Waals surface area contributed by atoms with Crippen LogP contribution in [0, 0.1) is 0 Å². The predicted molar refractivity (Wildman–Crippen MR) is 105 cm³/mol. The molecule has 0 unspecified atom stereocenters. The molecule has 0 bridgehead atoms. The quantitative estimate of drug-likeness (QED) is 0.542. The average molecular weight is 400 g/mol. The van der Waals surface area contributed by atoms with Gasteiger partial charge in [-0.1, -0.05) is 12.1 Å². The van der Waals surface area contributed by atoms with Gasteiger partial charge in [-0.3, -0.25) is 9.20 Å². The van der Waals surface area contributed by atoms with Gasteiger partial charge >= 0.3 is 0 Å². The smallest absolute Gasteiger partial charge is 0.251 e. The van der Waals surface area contributed by atoms with Gasteiger partial charge in [-0.2, -0.15) is 0 Å². The molecule has 1 saturated carbocycles. The molecule has 1 aliphatic carbocycles. The molecule has 1 aliphatic rings. The first-order chi connectivity index (χ1) is 13.4. The second-order valence-corrected chi connectivity index (χ2v) is 8.47. The number of benzene rings is 1. The zero-order chi connectivity index (χ0) is 19.7. The fourth-order valence-corrected chi connectivity index (χ4v) is 3.24. The number of nitrogens with one attached hydrogen (secondary N) is 2. The van der Waals surface area contributed by atoms with E-state index < -0.39 is 10.0 Å². The number of amides is 1. The Hall–Kier alpha value is -2.98. The van der Waals surface area contributed by atoms with E-state index in [0.29, 0.717) is 23.1 Å². The zero-order valence-corrected chi connectivity index (χ0v) is 15.8. The minimum absolute atomic E-state index is 0.0577. The summed E-state index contributed by atoms with van der Waals surface area (Å²) >= 11 is 0. The maximum atomic E-state index is 12.1. The van der Waals surface area contributed by atoms with Crippen molar-refractivity contribution in [1.82, 2.24) is 19.7 Å². The Labute approximate surface area is 162 Å². The van der Waals surface area contributed by atoms with Crippen LogP contribution in [-0.2, 0) is 10.0 Å². The van der Waals surface area contributed by atoms with Gasteiger partial charge < -0.3 is 10.6 Å². The molecule has 0 saturated heterocycles. The molecule has 2 aromatic heterocycles. The number of primary sulfonamides is 1. The number of nitrogens with two attached hydrogens (primary N) is 1. The number of nitrogens with zero attached hydrogens (tertiary/aromatic N) is 3. The summed E-state index contributed by atoms with van der Waals surface area (Å²) < 4.78 is 24.0. The van der Waals surface area contributed by atoms with E-state index in [-0.39, 0.29) is 18.2 Å². The lowest BCUT2D eigenvalue weighted by molar-refractivity contribution is 0.0951. The van der Waals surface area contributed by atoms with Gasteiger partial charge in [0.05, 0.1) is 17.6 Å². The largest absolute Gasteiger partial charge is 0.366 e. The zero-order valence-electron chi connectivity index (χ0n) is 15.0. The third-order valence-electron chi connectivity index (χ3n) is 4.46. The maximum Gasteiger partial charge on any atom is 0.251 e. The molecule has 1 fully saturated rings. The van der Waals surface area contributed by atoms with E-state index in [4.69, 9.17) is 5.14 Å². The minimum atomic E-state index is -3.55. The number of hydrogen-bond acceptors (Lipinski definition) is 6. The standard InChI is InChI=1S/C18H20N6O3S/c19-28(26,27)10-8-21-16-17-22-11-15(24(17)9-7-20-16)12-1-3-13(4-2-12)18(25)23-14-5-6-14/h1-4,7,9,11,14H,5-6,8,10H2,(H,20,21)(H,23,25)(H2,19,26,27). The van der Waals surface area contributed by atoms with Crippen LogP contribution in [0.3, 0.4) is 0 Å². The maximum absolute atomic E-state index is 12.1.